The summed E-state index contributed by atoms with van der Waals surface area (Å²) in [6.07, 6.45) is 0. The molecule has 7 heteroatoms. The van der Waals surface area contributed by atoms with Crippen LogP contribution >= 0.6 is 11.6 Å². The Kier molecular flexibility index (Phi) is 7.70. The lowest BCUT2D eigenvalue weighted by Gasteiger charge is -2.28. The highest BCUT2D eigenvalue weighted by Gasteiger charge is 2.26. The third kappa shape index (κ3) is 5.63. The Morgan fingerprint density at radius 3 is 2.57 bits per heavy atom. The van der Waals surface area contributed by atoms with Gasteiger partial charge in [0.1, 0.15) is 17.5 Å². The summed E-state index contributed by atoms with van der Waals surface area (Å²) in [5.41, 5.74) is 1.71. The Balaban J connectivity index is 2.15. The zero-order valence-corrected chi connectivity index (χ0v) is 17.2. The van der Waals surface area contributed by atoms with E-state index in [0.717, 1.165) is 11.1 Å². The standard InChI is InChI=1S/C21H25ClN2O4/c1-14-10-18(8-9-19(14)22)28-13-20(25)24(15(2)21(26)23-3)12-16-6-5-7-17(11-16)27-4/h5-11,15H,12-13H2,1-4H3,(H,23,26). The number of ether oxygens (including phenoxy) is 2. The molecule has 1 unspecified atom stereocenters. The summed E-state index contributed by atoms with van der Waals surface area (Å²) in [6.45, 7) is 3.61. The van der Waals surface area contributed by atoms with Crippen molar-refractivity contribution in [3.8, 4) is 11.5 Å². The lowest BCUT2D eigenvalue weighted by molar-refractivity contribution is -0.142. The molecule has 0 fully saturated rings. The minimum absolute atomic E-state index is 0.188. The van der Waals surface area contributed by atoms with Crippen LogP contribution in [0.15, 0.2) is 42.5 Å². The molecule has 28 heavy (non-hydrogen) atoms. The van der Waals surface area contributed by atoms with Crippen molar-refractivity contribution in [2.24, 2.45) is 0 Å². The van der Waals surface area contributed by atoms with E-state index in [4.69, 9.17) is 21.1 Å². The first-order valence-electron chi connectivity index (χ1n) is 8.88. The topological polar surface area (TPSA) is 67.9 Å². The highest BCUT2D eigenvalue weighted by atomic mass is 35.5. The fourth-order valence-corrected chi connectivity index (χ4v) is 2.81. The number of hydrogen-bond acceptors (Lipinski definition) is 4. The van der Waals surface area contributed by atoms with Gasteiger partial charge in [0, 0.05) is 18.6 Å². The van der Waals surface area contributed by atoms with Crippen LogP contribution in [0.1, 0.15) is 18.1 Å². The molecular weight excluding hydrogens is 380 g/mol. The third-order valence-electron chi connectivity index (χ3n) is 4.39. The molecule has 0 spiro atoms. The van der Waals surface area contributed by atoms with E-state index in [2.05, 4.69) is 5.32 Å². The van der Waals surface area contributed by atoms with Crippen LogP contribution in [-0.4, -0.2) is 43.5 Å². The van der Waals surface area contributed by atoms with E-state index in [1.807, 2.05) is 31.2 Å². The van der Waals surface area contributed by atoms with Crippen molar-refractivity contribution in [1.29, 1.82) is 0 Å². The van der Waals surface area contributed by atoms with Gasteiger partial charge in [-0.2, -0.15) is 0 Å². The summed E-state index contributed by atoms with van der Waals surface area (Å²) in [7, 11) is 3.12. The maximum Gasteiger partial charge on any atom is 0.261 e. The summed E-state index contributed by atoms with van der Waals surface area (Å²) in [5.74, 6) is 0.680. The van der Waals surface area contributed by atoms with E-state index in [-0.39, 0.29) is 25.0 Å². The Bertz CT molecular complexity index is 841. The summed E-state index contributed by atoms with van der Waals surface area (Å²) < 4.78 is 10.9. The highest BCUT2D eigenvalue weighted by Crippen LogP contribution is 2.21. The molecule has 0 aliphatic heterocycles. The molecule has 0 radical (unpaired) electrons. The number of halogens is 1. The van der Waals surface area contributed by atoms with Gasteiger partial charge in [-0.15, -0.1) is 0 Å². The summed E-state index contributed by atoms with van der Waals surface area (Å²) in [5, 5.41) is 3.21. The summed E-state index contributed by atoms with van der Waals surface area (Å²) in [4.78, 5) is 26.5. The molecule has 0 bridgehead atoms. The predicted octanol–water partition coefficient (Wildman–Crippen LogP) is 3.20. The molecule has 2 aromatic carbocycles. The molecule has 0 aliphatic rings. The number of aryl methyl sites for hydroxylation is 1. The van der Waals surface area contributed by atoms with Crippen molar-refractivity contribution >= 4 is 23.4 Å². The first-order chi connectivity index (χ1) is 13.3. The van der Waals surface area contributed by atoms with Gasteiger partial charge in [0.15, 0.2) is 6.61 Å². The van der Waals surface area contributed by atoms with Crippen LogP contribution in [0.3, 0.4) is 0 Å². The number of nitrogens with one attached hydrogen (secondary N) is 1. The number of carbonyl (C=O) groups is 2. The van der Waals surface area contributed by atoms with Crippen molar-refractivity contribution in [2.75, 3.05) is 20.8 Å². The van der Waals surface area contributed by atoms with Crippen molar-refractivity contribution in [2.45, 2.75) is 26.4 Å². The van der Waals surface area contributed by atoms with Gasteiger partial charge in [-0.3, -0.25) is 9.59 Å². The van der Waals surface area contributed by atoms with Gasteiger partial charge in [0.05, 0.1) is 7.11 Å². The Morgan fingerprint density at radius 2 is 1.93 bits per heavy atom. The molecule has 0 saturated heterocycles. The molecule has 1 N–H and O–H groups in total. The van der Waals surface area contributed by atoms with Crippen LogP contribution in [0.4, 0.5) is 0 Å². The van der Waals surface area contributed by atoms with Crippen molar-refractivity contribution < 1.29 is 19.1 Å². The number of nitrogens with zero attached hydrogens (tertiary/aromatic N) is 1. The van der Waals surface area contributed by atoms with Gasteiger partial charge in [0.25, 0.3) is 5.91 Å². The first kappa shape index (κ1) is 21.6. The average Bonchev–Trinajstić information content (AvgIpc) is 2.71. The van der Waals surface area contributed by atoms with Crippen LogP contribution < -0.4 is 14.8 Å². The molecule has 0 saturated carbocycles. The fraction of sp³-hybridized carbons (Fsp3) is 0.333. The quantitative estimate of drug-likeness (QED) is 0.733. The van der Waals surface area contributed by atoms with Crippen LogP contribution in [0.5, 0.6) is 11.5 Å². The Labute approximate surface area is 170 Å². The molecule has 2 aromatic rings. The largest absolute Gasteiger partial charge is 0.497 e. The van der Waals surface area contributed by atoms with Gasteiger partial charge >= 0.3 is 0 Å². The monoisotopic (exact) mass is 404 g/mol. The molecule has 1 atom stereocenters. The van der Waals surface area contributed by atoms with Gasteiger partial charge in [-0.25, -0.2) is 0 Å². The molecule has 0 aromatic heterocycles. The van der Waals surface area contributed by atoms with Crippen LogP contribution in [0.2, 0.25) is 5.02 Å². The SMILES string of the molecule is CNC(=O)C(C)N(Cc1cccc(OC)c1)C(=O)COc1ccc(Cl)c(C)c1. The van der Waals surface area contributed by atoms with E-state index in [1.165, 1.54) is 4.90 Å². The number of rotatable bonds is 8. The second-order valence-electron chi connectivity index (χ2n) is 6.36. The number of amides is 2. The van der Waals surface area contributed by atoms with Crippen molar-refractivity contribution in [3.05, 3.63) is 58.6 Å². The third-order valence-corrected chi connectivity index (χ3v) is 4.82. The molecule has 2 amide bonds. The zero-order chi connectivity index (χ0) is 20.7. The van der Waals surface area contributed by atoms with Gasteiger partial charge < -0.3 is 19.7 Å². The lowest BCUT2D eigenvalue weighted by Crippen LogP contribution is -2.48. The van der Waals surface area contributed by atoms with E-state index >= 15 is 0 Å². The van der Waals surface area contributed by atoms with Gasteiger partial charge in [-0.1, -0.05) is 23.7 Å². The minimum atomic E-state index is -0.653. The van der Waals surface area contributed by atoms with E-state index in [9.17, 15) is 9.59 Å². The lowest BCUT2D eigenvalue weighted by atomic mass is 10.1. The van der Waals surface area contributed by atoms with Gasteiger partial charge in [0.2, 0.25) is 5.91 Å². The minimum Gasteiger partial charge on any atom is -0.497 e. The fourth-order valence-electron chi connectivity index (χ4n) is 2.69. The van der Waals surface area contributed by atoms with Crippen LogP contribution in [-0.2, 0) is 16.1 Å². The number of carbonyl (C=O) groups excluding carboxylic acids is 2. The zero-order valence-electron chi connectivity index (χ0n) is 16.5. The molecule has 6 nitrogen and oxygen atoms in total. The van der Waals surface area contributed by atoms with Crippen LogP contribution in [0, 0.1) is 6.92 Å². The number of benzene rings is 2. The second-order valence-corrected chi connectivity index (χ2v) is 6.77. The molecule has 0 heterocycles. The first-order valence-corrected chi connectivity index (χ1v) is 9.26. The molecule has 150 valence electrons. The Morgan fingerprint density at radius 1 is 1.18 bits per heavy atom. The van der Waals surface area contributed by atoms with Gasteiger partial charge in [-0.05, 0) is 55.3 Å². The van der Waals surface area contributed by atoms with Crippen LogP contribution in [0.25, 0.3) is 0 Å². The predicted molar refractivity (Wildman–Crippen MR) is 109 cm³/mol. The summed E-state index contributed by atoms with van der Waals surface area (Å²) in [6, 6.07) is 11.9. The smallest absolute Gasteiger partial charge is 0.261 e. The van der Waals surface area contributed by atoms with Crippen molar-refractivity contribution in [1.82, 2.24) is 10.2 Å². The number of methoxy groups -OCH3 is 1. The number of hydrogen-bond donors (Lipinski definition) is 1. The Hall–Kier alpha value is -2.73. The van der Waals surface area contributed by atoms with E-state index in [0.29, 0.717) is 16.5 Å². The van der Waals surface area contributed by atoms with Crippen molar-refractivity contribution in [3.63, 3.8) is 0 Å². The molecule has 2 rings (SSSR count). The maximum absolute atomic E-state index is 12.9. The van der Waals surface area contributed by atoms with E-state index in [1.54, 1.807) is 39.3 Å². The summed E-state index contributed by atoms with van der Waals surface area (Å²) >= 11 is 6.02. The normalized spacial score (nSPS) is 11.5. The molecule has 0 aliphatic carbocycles. The molecular formula is C21H25ClN2O4. The maximum atomic E-state index is 12.9. The average molecular weight is 405 g/mol. The second kappa shape index (κ2) is 9.99. The van der Waals surface area contributed by atoms with E-state index < -0.39 is 6.04 Å². The number of likely N-dealkylation sites (N-methyl/N-ethyl adjacent to an activating group) is 1. The highest BCUT2D eigenvalue weighted by molar-refractivity contribution is 6.31.